The zero-order valence-corrected chi connectivity index (χ0v) is 16.6. The van der Waals surface area contributed by atoms with Crippen LogP contribution in [0.4, 0.5) is 39.7 Å². The monoisotopic (exact) mass is 461 g/mol. The Morgan fingerprint density at radius 1 is 1.18 bits per heavy atom. The van der Waals surface area contributed by atoms with Crippen LogP contribution in [0.25, 0.3) is 22.2 Å². The number of aromatic nitrogens is 4. The predicted molar refractivity (Wildman–Crippen MR) is 110 cm³/mol. The molecule has 5 N–H and O–H groups in total. The first-order valence-corrected chi connectivity index (χ1v) is 9.67. The van der Waals surface area contributed by atoms with Gasteiger partial charge < -0.3 is 20.6 Å². The van der Waals surface area contributed by atoms with Gasteiger partial charge in [-0.1, -0.05) is 11.2 Å². The number of H-pyrrole nitrogens is 1. The fraction of sp³-hybridized carbons (Fsp3) is 0.200. The van der Waals surface area contributed by atoms with Crippen LogP contribution in [0.2, 0.25) is 0 Å². The highest BCUT2D eigenvalue weighted by Gasteiger charge is 2.66. The van der Waals surface area contributed by atoms with Gasteiger partial charge in [0.05, 0.1) is 11.1 Å². The highest BCUT2D eigenvalue weighted by molar-refractivity contribution is 6.01. The minimum atomic E-state index is -4.47. The Morgan fingerprint density at radius 3 is 2.67 bits per heavy atom. The van der Waals surface area contributed by atoms with Crippen molar-refractivity contribution < 1.29 is 26.9 Å². The Kier molecular flexibility index (Phi) is 4.51. The Balaban J connectivity index is 1.31. The smallest absolute Gasteiger partial charge is 0.383 e. The highest BCUT2D eigenvalue weighted by Crippen LogP contribution is 2.59. The second-order valence-corrected chi connectivity index (χ2v) is 7.61. The first kappa shape index (κ1) is 20.7. The summed E-state index contributed by atoms with van der Waals surface area (Å²) in [5, 5.41) is 8.51. The van der Waals surface area contributed by atoms with E-state index in [1.54, 1.807) is 12.3 Å². The van der Waals surface area contributed by atoms with Crippen LogP contribution in [0.15, 0.2) is 41.3 Å². The Labute approximate surface area is 182 Å². The normalized spacial score (nSPS) is 14.9. The maximum atomic E-state index is 14.7. The van der Waals surface area contributed by atoms with E-state index in [2.05, 4.69) is 30.7 Å². The minimum absolute atomic E-state index is 0.108. The lowest BCUT2D eigenvalue weighted by molar-refractivity contribution is -0.165. The van der Waals surface area contributed by atoms with E-state index in [9.17, 15) is 22.4 Å². The average Bonchev–Trinajstić information content (AvgIpc) is 3.26. The quantitative estimate of drug-likeness (QED) is 0.329. The second-order valence-electron chi connectivity index (χ2n) is 7.61. The van der Waals surface area contributed by atoms with E-state index in [-0.39, 0.29) is 35.9 Å². The van der Waals surface area contributed by atoms with Gasteiger partial charge in [0.1, 0.15) is 29.0 Å². The fourth-order valence-electron chi connectivity index (χ4n) is 3.62. The number of alkyl halides is 3. The van der Waals surface area contributed by atoms with Gasteiger partial charge in [-0.2, -0.15) is 13.2 Å². The topological polar surface area (TPSA) is 135 Å². The number of halogens is 4. The zero-order chi connectivity index (χ0) is 23.4. The van der Waals surface area contributed by atoms with E-state index in [1.807, 2.05) is 0 Å². The van der Waals surface area contributed by atoms with E-state index >= 15 is 0 Å². The maximum Gasteiger partial charge on any atom is 0.401 e. The molecule has 4 aromatic rings. The summed E-state index contributed by atoms with van der Waals surface area (Å²) in [6.45, 7) is 0. The Bertz CT molecular complexity index is 1370. The number of nitrogens with one attached hydrogen (secondary N) is 3. The van der Waals surface area contributed by atoms with Crippen molar-refractivity contribution in [2.75, 3.05) is 16.4 Å². The molecule has 9 nitrogen and oxygen atoms in total. The minimum Gasteiger partial charge on any atom is -0.383 e. The molecule has 170 valence electrons. The van der Waals surface area contributed by atoms with Crippen LogP contribution in [0, 0.1) is 5.82 Å². The molecule has 1 aliphatic rings. The molecule has 1 saturated carbocycles. The number of amides is 2. The molecule has 0 unspecified atom stereocenters. The largest absolute Gasteiger partial charge is 0.401 e. The van der Waals surface area contributed by atoms with Gasteiger partial charge in [-0.15, -0.1) is 0 Å². The number of hydrogen-bond donors (Lipinski definition) is 4. The number of carbonyl (C=O) groups excluding carboxylic acids is 1. The molecule has 33 heavy (non-hydrogen) atoms. The number of rotatable bonds is 4. The number of urea groups is 1. The molecule has 0 saturated heterocycles. The van der Waals surface area contributed by atoms with Crippen molar-refractivity contribution in [3.05, 3.63) is 48.4 Å². The van der Waals surface area contributed by atoms with Crippen LogP contribution in [0.3, 0.4) is 0 Å². The molecule has 2 amide bonds. The standard InChI is InChI=1S/C20H15F4N7O2/c21-11-5-9(10-7-26-17-15(10)16(25)27-8-28-17)1-2-12(11)29-18(32)30-14-6-13(33-31-14)19(3-4-19)20(22,23)24/h1-2,5-8H,3-4H2,(H3,25,26,27,28)(H2,29,30,31,32). The summed E-state index contributed by atoms with van der Waals surface area (Å²) >= 11 is 0. The molecule has 1 aromatic carbocycles. The summed E-state index contributed by atoms with van der Waals surface area (Å²) in [6, 6.07) is 4.20. The lowest BCUT2D eigenvalue weighted by Gasteiger charge is -2.15. The SMILES string of the molecule is Nc1ncnc2[nH]cc(-c3ccc(NC(=O)Nc4cc(C5(C(F)(F)F)CC5)on4)c(F)c3)c12. The molecule has 0 aliphatic heterocycles. The molecule has 1 fully saturated rings. The summed E-state index contributed by atoms with van der Waals surface area (Å²) in [5.41, 5.74) is 5.21. The molecule has 1 aliphatic carbocycles. The van der Waals surface area contributed by atoms with Crippen LogP contribution in [0.1, 0.15) is 18.6 Å². The summed E-state index contributed by atoms with van der Waals surface area (Å²) < 4.78 is 59.0. The van der Waals surface area contributed by atoms with E-state index in [0.717, 1.165) is 6.07 Å². The van der Waals surface area contributed by atoms with Crippen molar-refractivity contribution in [1.29, 1.82) is 0 Å². The predicted octanol–water partition coefficient (Wildman–Crippen LogP) is 4.57. The molecular weight excluding hydrogens is 446 g/mol. The summed E-state index contributed by atoms with van der Waals surface area (Å²) in [6.07, 6.45) is -1.78. The van der Waals surface area contributed by atoms with Crippen LogP contribution in [-0.4, -0.2) is 32.3 Å². The molecule has 0 atom stereocenters. The number of nitrogens with zero attached hydrogens (tertiary/aromatic N) is 3. The van der Waals surface area contributed by atoms with Crippen molar-refractivity contribution in [3.63, 3.8) is 0 Å². The number of aromatic amines is 1. The van der Waals surface area contributed by atoms with Crippen LogP contribution < -0.4 is 16.4 Å². The number of anilines is 3. The van der Waals surface area contributed by atoms with E-state index < -0.39 is 23.4 Å². The molecular formula is C20H15F4N7O2. The summed E-state index contributed by atoms with van der Waals surface area (Å²) in [4.78, 5) is 23.1. The third kappa shape index (κ3) is 3.50. The van der Waals surface area contributed by atoms with E-state index in [4.69, 9.17) is 10.3 Å². The van der Waals surface area contributed by atoms with Crippen LogP contribution in [-0.2, 0) is 5.41 Å². The van der Waals surface area contributed by atoms with Crippen molar-refractivity contribution in [2.45, 2.75) is 24.4 Å². The lowest BCUT2D eigenvalue weighted by Crippen LogP contribution is -2.28. The Hall–Kier alpha value is -4.16. The van der Waals surface area contributed by atoms with Gasteiger partial charge in [0.15, 0.2) is 11.6 Å². The number of hydrogen-bond acceptors (Lipinski definition) is 6. The number of carbonyl (C=O) groups is 1. The number of nitrogens with two attached hydrogens (primary N) is 1. The van der Waals surface area contributed by atoms with E-state index in [1.165, 1.54) is 18.5 Å². The van der Waals surface area contributed by atoms with Crippen LogP contribution in [0.5, 0.6) is 0 Å². The van der Waals surface area contributed by atoms with Gasteiger partial charge >= 0.3 is 12.2 Å². The van der Waals surface area contributed by atoms with E-state index in [0.29, 0.717) is 22.2 Å². The summed E-state index contributed by atoms with van der Waals surface area (Å²) in [7, 11) is 0. The fourth-order valence-corrected chi connectivity index (χ4v) is 3.62. The lowest BCUT2D eigenvalue weighted by atomic mass is 10.0. The molecule has 0 radical (unpaired) electrons. The van der Waals surface area contributed by atoms with Crippen molar-refractivity contribution in [1.82, 2.24) is 20.1 Å². The van der Waals surface area contributed by atoms with Crippen molar-refractivity contribution >= 4 is 34.4 Å². The van der Waals surface area contributed by atoms with Gasteiger partial charge in [0.2, 0.25) is 0 Å². The molecule has 0 bridgehead atoms. The Morgan fingerprint density at radius 2 is 1.97 bits per heavy atom. The number of nitrogen functional groups attached to an aromatic ring is 1. The maximum absolute atomic E-state index is 14.7. The van der Waals surface area contributed by atoms with Crippen molar-refractivity contribution in [3.8, 4) is 11.1 Å². The summed E-state index contributed by atoms with van der Waals surface area (Å²) in [5.74, 6) is -1.11. The third-order valence-corrected chi connectivity index (χ3v) is 5.54. The van der Waals surface area contributed by atoms with Gasteiger partial charge in [-0.05, 0) is 30.5 Å². The van der Waals surface area contributed by atoms with Crippen LogP contribution >= 0.6 is 0 Å². The third-order valence-electron chi connectivity index (χ3n) is 5.54. The first-order chi connectivity index (χ1) is 15.7. The molecule has 5 rings (SSSR count). The zero-order valence-electron chi connectivity index (χ0n) is 16.6. The first-order valence-electron chi connectivity index (χ1n) is 9.67. The van der Waals surface area contributed by atoms with Gasteiger partial charge in [-0.3, -0.25) is 5.32 Å². The molecule has 3 heterocycles. The van der Waals surface area contributed by atoms with Crippen molar-refractivity contribution in [2.24, 2.45) is 0 Å². The average molecular weight is 461 g/mol. The molecule has 3 aromatic heterocycles. The number of fused-ring (bicyclic) bond motifs is 1. The van der Waals surface area contributed by atoms with Gasteiger partial charge in [0.25, 0.3) is 0 Å². The van der Waals surface area contributed by atoms with Gasteiger partial charge in [0, 0.05) is 17.8 Å². The van der Waals surface area contributed by atoms with Gasteiger partial charge in [-0.25, -0.2) is 19.2 Å². The second kappa shape index (κ2) is 7.18. The molecule has 0 spiro atoms. The molecule has 13 heteroatoms. The number of benzene rings is 1. The highest BCUT2D eigenvalue weighted by atomic mass is 19.4.